The zero-order valence-electron chi connectivity index (χ0n) is 65.8. The Morgan fingerprint density at radius 3 is 1.59 bits per heavy atom. The number of carbonyl (C=O) groups is 4. The van der Waals surface area contributed by atoms with E-state index in [9.17, 15) is 19.2 Å². The first kappa shape index (κ1) is 80.1. The molecule has 6 aromatic carbocycles. The first-order chi connectivity index (χ1) is 56.3. The molecule has 14 aromatic rings. The summed E-state index contributed by atoms with van der Waals surface area (Å²) < 4.78 is 43.0. The van der Waals surface area contributed by atoms with Crippen molar-refractivity contribution in [2.24, 2.45) is 4.99 Å². The Balaban J connectivity index is 0.000000182. The van der Waals surface area contributed by atoms with Gasteiger partial charge in [0.2, 0.25) is 0 Å². The predicted octanol–water partition coefficient (Wildman–Crippen LogP) is 15.9. The highest BCUT2D eigenvalue weighted by molar-refractivity contribution is 7.22. The van der Waals surface area contributed by atoms with E-state index in [0.29, 0.717) is 139 Å². The van der Waals surface area contributed by atoms with Crippen LogP contribution in [0.4, 0.5) is 15.4 Å². The molecule has 16 rings (SSSR count). The quantitative estimate of drug-likeness (QED) is 0.0182. The summed E-state index contributed by atoms with van der Waals surface area (Å²) in [4.78, 5) is 99.2. The molecule has 0 fully saturated rings. The van der Waals surface area contributed by atoms with Crippen LogP contribution < -0.4 is 29.0 Å². The highest BCUT2D eigenvalue weighted by Gasteiger charge is 2.32. The maximum atomic E-state index is 14.6. The van der Waals surface area contributed by atoms with E-state index in [0.717, 1.165) is 98.0 Å². The zero-order chi connectivity index (χ0) is 80.5. The van der Waals surface area contributed by atoms with Crippen LogP contribution in [0.1, 0.15) is 87.5 Å². The van der Waals surface area contributed by atoms with Gasteiger partial charge in [0.05, 0.1) is 81.4 Å². The number of hydrogen-bond acceptors (Lipinski definition) is 25. The van der Waals surface area contributed by atoms with E-state index >= 15 is 0 Å². The Morgan fingerprint density at radius 2 is 1.05 bits per heavy atom. The van der Waals surface area contributed by atoms with Crippen LogP contribution in [0.15, 0.2) is 176 Å². The van der Waals surface area contributed by atoms with Gasteiger partial charge in [0.25, 0.3) is 11.8 Å². The number of rotatable bonds is 29. The fourth-order valence-corrected chi connectivity index (χ4v) is 19.1. The lowest BCUT2D eigenvalue weighted by molar-refractivity contribution is 0.0509. The van der Waals surface area contributed by atoms with Crippen molar-refractivity contribution in [1.82, 2.24) is 59.0 Å². The van der Waals surface area contributed by atoms with Gasteiger partial charge in [-0.3, -0.25) is 19.1 Å². The summed E-state index contributed by atoms with van der Waals surface area (Å²) in [5, 5.41) is 12.6. The summed E-state index contributed by atoms with van der Waals surface area (Å²) in [6, 6.07) is 45.0. The lowest BCUT2D eigenvalue weighted by Crippen LogP contribution is -2.37. The topological polar surface area (TPSA) is 277 Å². The third-order valence-electron chi connectivity index (χ3n) is 19.7. The monoisotopic (exact) mass is 1660 g/mol. The van der Waals surface area contributed by atoms with E-state index in [1.807, 2.05) is 126 Å². The lowest BCUT2D eigenvalue weighted by Gasteiger charge is -2.31. The summed E-state index contributed by atoms with van der Waals surface area (Å²) >= 11 is 5.88. The highest BCUT2D eigenvalue weighted by Crippen LogP contribution is 2.38. The number of anilines is 3. The molecular formula is C84H88N16O10S4Si2. The molecule has 0 aliphatic carbocycles. The first-order valence-corrected chi connectivity index (χ1v) is 49.3. The van der Waals surface area contributed by atoms with E-state index in [4.69, 9.17) is 48.4 Å². The SMILES string of the molecule is CCOC(=O)c1nc(N2CCc3cccc(C(=O)N(COCC[Si](C)(C)C)c4nc5ccccc5s4)c3C2)sc1CCOc1ccc(-n2ncc3cncnc32)cc1.CCOC(=O)c1nc(N2CCc3cccc(C(=O)N=c4sc5ccccc5n4COCC[Si](C)(C)C)c3C2)sc1CCOc1ccc(-n2ncc3cncnc32)cc1. The lowest BCUT2D eigenvalue weighted by atomic mass is 9.94. The van der Waals surface area contributed by atoms with E-state index in [-0.39, 0.29) is 31.8 Å². The molecule has 596 valence electrons. The number of aromatic nitrogens is 12. The third kappa shape index (κ3) is 18.7. The van der Waals surface area contributed by atoms with Gasteiger partial charge in [-0.15, -0.1) is 22.7 Å². The molecule has 116 heavy (non-hydrogen) atoms. The number of nitrogens with zero attached hydrogens (tertiary/aromatic N) is 16. The van der Waals surface area contributed by atoms with Crippen LogP contribution in [-0.2, 0) is 64.5 Å². The second-order valence-electron chi connectivity index (χ2n) is 30.2. The van der Waals surface area contributed by atoms with Crippen LogP contribution in [0.5, 0.6) is 11.5 Å². The van der Waals surface area contributed by atoms with Crippen LogP contribution in [0.2, 0.25) is 51.4 Å². The van der Waals surface area contributed by atoms with Crippen molar-refractivity contribution in [3.8, 4) is 22.9 Å². The second kappa shape index (κ2) is 36.0. The number of amides is 2. The van der Waals surface area contributed by atoms with Gasteiger partial charge in [0.15, 0.2) is 42.9 Å². The molecule has 8 aromatic heterocycles. The van der Waals surface area contributed by atoms with Gasteiger partial charge in [-0.25, -0.2) is 53.8 Å². The molecule has 0 N–H and O–H groups in total. The number of benzene rings is 6. The molecule has 0 bridgehead atoms. The minimum Gasteiger partial charge on any atom is -0.493 e. The van der Waals surface area contributed by atoms with Gasteiger partial charge in [-0.2, -0.15) is 15.2 Å². The van der Waals surface area contributed by atoms with Gasteiger partial charge in [-0.05, 0) is 146 Å². The standard InChI is InChI=1S/2C42H44N8O5S2Si/c1-5-54-40(52)37-36(18-20-55-31-15-13-30(14-16-31)50-38-29(24-45-50)23-43-26-44-38)57-41(46-37)48-19-17-28-9-8-10-32(33(28)25-48)39(51)47-42-49(27-53-21-22-58(2,3)4)34-11-6-7-12-35(34)56-42;1-5-54-40(52)37-36(18-20-55-31-15-13-30(14-16-31)50-38-29(24-45-50)23-43-26-44-38)57-41(47-37)48-19-17-28-9-8-10-32(33(28)25-48)39(51)49(27-53-21-22-58(2,3)4)42-46-34-11-6-7-12-35(34)56-42/h2*6-16,23-24,26H,5,17-22,25,27H2,1-4H3. The molecule has 0 spiro atoms. The third-order valence-corrected chi connectivity index (χ3v) is 27.5. The smallest absolute Gasteiger partial charge is 0.358 e. The van der Waals surface area contributed by atoms with Crippen LogP contribution in [-0.4, -0.2) is 158 Å². The zero-order valence-corrected chi connectivity index (χ0v) is 71.0. The Kier molecular flexibility index (Phi) is 24.8. The largest absolute Gasteiger partial charge is 0.493 e. The molecule has 0 radical (unpaired) electrons. The first-order valence-electron chi connectivity index (χ1n) is 38.6. The maximum absolute atomic E-state index is 14.6. The molecule has 2 aliphatic rings. The average Bonchev–Trinajstić information content (AvgIpc) is 1.59. The van der Waals surface area contributed by atoms with Crippen LogP contribution >= 0.6 is 45.3 Å². The summed E-state index contributed by atoms with van der Waals surface area (Å²) in [5.74, 6) is -0.0202. The Labute approximate surface area is 688 Å². The summed E-state index contributed by atoms with van der Waals surface area (Å²) in [6.45, 7) is 22.6. The predicted molar refractivity (Wildman–Crippen MR) is 459 cm³/mol. The molecular weight excluding hydrogens is 1580 g/mol. The normalized spacial score (nSPS) is 13.1. The van der Waals surface area contributed by atoms with Gasteiger partial charge in [0.1, 0.15) is 37.6 Å². The molecule has 0 unspecified atom stereocenters. The van der Waals surface area contributed by atoms with Crippen molar-refractivity contribution in [2.75, 3.05) is 74.2 Å². The minimum absolute atomic E-state index is 0.110. The van der Waals surface area contributed by atoms with Crippen LogP contribution in [0.25, 0.3) is 53.9 Å². The van der Waals surface area contributed by atoms with Crippen molar-refractivity contribution >= 4 is 143 Å². The highest BCUT2D eigenvalue weighted by atomic mass is 32.1. The van der Waals surface area contributed by atoms with E-state index in [2.05, 4.69) is 91.3 Å². The second-order valence-corrected chi connectivity index (χ2v) is 45.6. The van der Waals surface area contributed by atoms with Gasteiger partial charge in [-0.1, -0.05) is 110 Å². The van der Waals surface area contributed by atoms with E-state index < -0.39 is 28.1 Å². The van der Waals surface area contributed by atoms with Gasteiger partial charge in [0, 0.05) is 102 Å². The Bertz CT molecular complexity index is 5910. The number of thiazole rings is 4. The van der Waals surface area contributed by atoms with Crippen molar-refractivity contribution in [3.63, 3.8) is 0 Å². The van der Waals surface area contributed by atoms with E-state index in [1.54, 1.807) is 52.9 Å². The number of carbonyl (C=O) groups excluding carboxylic acids is 4. The molecule has 2 amide bonds. The minimum atomic E-state index is -1.33. The Morgan fingerprint density at radius 1 is 0.534 bits per heavy atom. The molecule has 0 saturated heterocycles. The number of fused-ring (bicyclic) bond motifs is 6. The van der Waals surface area contributed by atoms with Crippen molar-refractivity contribution < 1.29 is 47.6 Å². The molecule has 0 saturated carbocycles. The van der Waals surface area contributed by atoms with Crippen molar-refractivity contribution in [2.45, 2.75) is 111 Å². The van der Waals surface area contributed by atoms with Gasteiger partial charge < -0.3 is 38.2 Å². The fraction of sp³-hybridized carbons (Fsp3) is 0.310. The van der Waals surface area contributed by atoms with Gasteiger partial charge >= 0.3 is 11.9 Å². The molecule has 26 nitrogen and oxygen atoms in total. The van der Waals surface area contributed by atoms with Crippen LogP contribution in [0.3, 0.4) is 0 Å². The maximum Gasteiger partial charge on any atom is 0.358 e. The molecule has 32 heteroatoms. The van der Waals surface area contributed by atoms with Crippen LogP contribution in [0, 0.1) is 0 Å². The summed E-state index contributed by atoms with van der Waals surface area (Å²) in [7, 11) is -2.59. The summed E-state index contributed by atoms with van der Waals surface area (Å²) in [6.07, 6.45) is 12.3. The molecule has 2 aliphatic heterocycles. The number of hydrogen-bond donors (Lipinski definition) is 0. The Hall–Kier alpha value is -11.1. The summed E-state index contributed by atoms with van der Waals surface area (Å²) in [5.41, 5.74) is 10.8. The number of esters is 2. The fourth-order valence-electron chi connectivity index (χ4n) is 13.5. The molecule has 10 heterocycles. The molecule has 0 atom stereocenters. The number of para-hydroxylation sites is 2. The average molecular weight is 1670 g/mol. The number of ether oxygens (including phenoxy) is 6. The van der Waals surface area contributed by atoms with E-state index in [1.165, 1.54) is 58.0 Å². The van der Waals surface area contributed by atoms with Crippen molar-refractivity contribution in [1.29, 1.82) is 0 Å². The van der Waals surface area contributed by atoms with Crippen molar-refractivity contribution in [3.05, 3.63) is 230 Å².